The van der Waals surface area contributed by atoms with Gasteiger partial charge in [-0.05, 0) is 24.3 Å². The van der Waals surface area contributed by atoms with Gasteiger partial charge in [0.15, 0.2) is 11.6 Å². The first-order valence-electron chi connectivity index (χ1n) is 10.3. The van der Waals surface area contributed by atoms with Gasteiger partial charge in [-0.1, -0.05) is 18.2 Å². The summed E-state index contributed by atoms with van der Waals surface area (Å²) >= 11 is 0. The highest BCUT2D eigenvalue weighted by Crippen LogP contribution is 2.18. The van der Waals surface area contributed by atoms with E-state index in [0.29, 0.717) is 13.1 Å². The minimum Gasteiger partial charge on any atom is -0.395 e. The second-order valence-electron chi connectivity index (χ2n) is 7.45. The lowest BCUT2D eigenvalue weighted by Crippen LogP contribution is -2.49. The Balaban J connectivity index is 1.30. The molecule has 1 aromatic heterocycles. The van der Waals surface area contributed by atoms with Gasteiger partial charge in [-0.3, -0.25) is 9.69 Å². The number of aliphatic hydroxyl groups excluding tert-OH is 1. The number of amides is 1. The number of hydrogen-bond acceptors (Lipinski definition) is 7. The molecule has 3 heterocycles. The lowest BCUT2D eigenvalue weighted by molar-refractivity contribution is 0.0746. The number of benzene rings is 1. The van der Waals surface area contributed by atoms with E-state index in [2.05, 4.69) is 24.9 Å². The summed E-state index contributed by atoms with van der Waals surface area (Å²) in [5.41, 5.74) is 0.740. The molecular weight excluding hydrogens is 368 g/mol. The average Bonchev–Trinajstić information content (AvgIpc) is 2.80. The van der Waals surface area contributed by atoms with Crippen LogP contribution in [0.4, 0.5) is 11.6 Å². The Morgan fingerprint density at radius 2 is 1.34 bits per heavy atom. The average molecular weight is 396 g/mol. The van der Waals surface area contributed by atoms with Gasteiger partial charge in [-0.2, -0.15) is 0 Å². The van der Waals surface area contributed by atoms with Crippen molar-refractivity contribution in [3.8, 4) is 0 Å². The summed E-state index contributed by atoms with van der Waals surface area (Å²) in [4.78, 5) is 21.2. The second-order valence-corrected chi connectivity index (χ2v) is 7.45. The van der Waals surface area contributed by atoms with E-state index in [-0.39, 0.29) is 12.5 Å². The summed E-state index contributed by atoms with van der Waals surface area (Å²) in [6.07, 6.45) is 0. The van der Waals surface area contributed by atoms with Crippen LogP contribution in [-0.4, -0.2) is 96.5 Å². The number of carbonyl (C=O) groups excluding carboxylic acids is 1. The molecule has 29 heavy (non-hydrogen) atoms. The van der Waals surface area contributed by atoms with Gasteiger partial charge in [0, 0.05) is 64.5 Å². The number of rotatable bonds is 5. The van der Waals surface area contributed by atoms with Crippen molar-refractivity contribution in [3.05, 3.63) is 48.0 Å². The third-order valence-corrected chi connectivity index (χ3v) is 5.66. The Morgan fingerprint density at radius 1 is 0.793 bits per heavy atom. The largest absolute Gasteiger partial charge is 0.395 e. The van der Waals surface area contributed by atoms with Crippen molar-refractivity contribution in [2.24, 2.45) is 0 Å². The molecule has 1 amide bonds. The molecule has 4 rings (SSSR count). The fraction of sp³-hybridized carbons (Fsp3) is 0.476. The molecular formula is C21H28N6O2. The Hall–Kier alpha value is -2.71. The van der Waals surface area contributed by atoms with Gasteiger partial charge in [-0.15, -0.1) is 10.2 Å². The third kappa shape index (κ3) is 4.65. The molecule has 0 aliphatic carbocycles. The Kier molecular flexibility index (Phi) is 6.21. The first-order chi connectivity index (χ1) is 14.2. The zero-order chi connectivity index (χ0) is 20.1. The van der Waals surface area contributed by atoms with Crippen LogP contribution in [0.2, 0.25) is 0 Å². The van der Waals surface area contributed by atoms with Crippen molar-refractivity contribution >= 4 is 17.5 Å². The maximum atomic E-state index is 12.6. The number of carbonyl (C=O) groups is 1. The molecule has 2 aliphatic rings. The number of β-amino-alcohol motifs (C(OH)–C–C–N with tert-alkyl or cyclic N) is 1. The van der Waals surface area contributed by atoms with Crippen LogP contribution in [0, 0.1) is 0 Å². The summed E-state index contributed by atoms with van der Waals surface area (Å²) in [5, 5.41) is 17.9. The summed E-state index contributed by atoms with van der Waals surface area (Å²) < 4.78 is 0. The van der Waals surface area contributed by atoms with Crippen molar-refractivity contribution < 1.29 is 9.90 Å². The van der Waals surface area contributed by atoms with E-state index in [1.54, 1.807) is 0 Å². The lowest BCUT2D eigenvalue weighted by atomic mass is 10.2. The molecule has 1 N–H and O–H groups in total. The van der Waals surface area contributed by atoms with E-state index < -0.39 is 0 Å². The molecule has 0 atom stereocenters. The molecule has 154 valence electrons. The molecule has 1 aromatic carbocycles. The van der Waals surface area contributed by atoms with Gasteiger partial charge in [0.2, 0.25) is 0 Å². The van der Waals surface area contributed by atoms with E-state index in [1.165, 1.54) is 0 Å². The maximum absolute atomic E-state index is 12.6. The van der Waals surface area contributed by atoms with E-state index in [1.807, 2.05) is 47.4 Å². The standard InChI is InChI=1S/C21H28N6O2/c28-17-16-24-8-10-25(11-9-24)19-6-7-20(23-22-19)26-12-14-27(15-13-26)21(29)18-4-2-1-3-5-18/h1-7,28H,8-17H2. The zero-order valence-electron chi connectivity index (χ0n) is 16.7. The van der Waals surface area contributed by atoms with Crippen LogP contribution in [0.3, 0.4) is 0 Å². The highest BCUT2D eigenvalue weighted by atomic mass is 16.3. The number of piperazine rings is 2. The van der Waals surface area contributed by atoms with E-state index in [9.17, 15) is 4.79 Å². The zero-order valence-corrected chi connectivity index (χ0v) is 16.7. The fourth-order valence-corrected chi connectivity index (χ4v) is 3.90. The van der Waals surface area contributed by atoms with Gasteiger partial charge >= 0.3 is 0 Å². The Bertz CT molecular complexity index is 785. The van der Waals surface area contributed by atoms with Crippen molar-refractivity contribution in [2.75, 3.05) is 75.3 Å². The van der Waals surface area contributed by atoms with E-state index >= 15 is 0 Å². The van der Waals surface area contributed by atoms with Crippen molar-refractivity contribution in [3.63, 3.8) is 0 Å². The minimum atomic E-state index is 0.0898. The normalized spacial score (nSPS) is 18.2. The third-order valence-electron chi connectivity index (χ3n) is 5.66. The van der Waals surface area contributed by atoms with Crippen molar-refractivity contribution in [1.29, 1.82) is 0 Å². The van der Waals surface area contributed by atoms with Gasteiger partial charge in [0.05, 0.1) is 6.61 Å². The van der Waals surface area contributed by atoms with Crippen LogP contribution in [0.15, 0.2) is 42.5 Å². The number of anilines is 2. The van der Waals surface area contributed by atoms with Gasteiger partial charge < -0.3 is 19.8 Å². The minimum absolute atomic E-state index is 0.0898. The summed E-state index contributed by atoms with van der Waals surface area (Å²) in [5.74, 6) is 1.85. The first-order valence-corrected chi connectivity index (χ1v) is 10.3. The molecule has 2 aromatic rings. The van der Waals surface area contributed by atoms with E-state index in [0.717, 1.165) is 63.0 Å². The van der Waals surface area contributed by atoms with Gasteiger partial charge in [0.25, 0.3) is 5.91 Å². The molecule has 0 saturated carbocycles. The molecule has 0 spiro atoms. The summed E-state index contributed by atoms with van der Waals surface area (Å²) in [7, 11) is 0. The van der Waals surface area contributed by atoms with Crippen LogP contribution < -0.4 is 9.80 Å². The molecule has 2 fully saturated rings. The van der Waals surface area contributed by atoms with Crippen LogP contribution in [0.25, 0.3) is 0 Å². The van der Waals surface area contributed by atoms with Crippen LogP contribution >= 0.6 is 0 Å². The van der Waals surface area contributed by atoms with Gasteiger partial charge in [-0.25, -0.2) is 0 Å². The quantitative estimate of drug-likeness (QED) is 0.791. The van der Waals surface area contributed by atoms with Crippen molar-refractivity contribution in [2.45, 2.75) is 0 Å². The lowest BCUT2D eigenvalue weighted by Gasteiger charge is -2.36. The number of aliphatic hydroxyl groups is 1. The van der Waals surface area contributed by atoms with Crippen LogP contribution in [0.1, 0.15) is 10.4 Å². The predicted octanol–water partition coefficient (Wildman–Crippen LogP) is 0.553. The molecule has 8 nitrogen and oxygen atoms in total. The Morgan fingerprint density at radius 3 is 1.86 bits per heavy atom. The molecule has 2 saturated heterocycles. The molecule has 0 radical (unpaired) electrons. The molecule has 2 aliphatic heterocycles. The topological polar surface area (TPSA) is 76.0 Å². The molecule has 0 unspecified atom stereocenters. The van der Waals surface area contributed by atoms with Crippen LogP contribution in [0.5, 0.6) is 0 Å². The Labute approximate surface area is 171 Å². The first kappa shape index (κ1) is 19.6. The maximum Gasteiger partial charge on any atom is 0.253 e. The monoisotopic (exact) mass is 396 g/mol. The van der Waals surface area contributed by atoms with Crippen LogP contribution in [-0.2, 0) is 0 Å². The van der Waals surface area contributed by atoms with Crippen molar-refractivity contribution in [1.82, 2.24) is 20.0 Å². The second kappa shape index (κ2) is 9.19. The highest BCUT2D eigenvalue weighted by molar-refractivity contribution is 5.94. The smallest absolute Gasteiger partial charge is 0.253 e. The van der Waals surface area contributed by atoms with E-state index in [4.69, 9.17) is 5.11 Å². The van der Waals surface area contributed by atoms with Gasteiger partial charge in [0.1, 0.15) is 0 Å². The SMILES string of the molecule is O=C(c1ccccc1)N1CCN(c2ccc(N3CCN(CCO)CC3)nn2)CC1. The fourth-order valence-electron chi connectivity index (χ4n) is 3.90. The number of aromatic nitrogens is 2. The number of hydrogen-bond donors (Lipinski definition) is 1. The summed E-state index contributed by atoms with van der Waals surface area (Å²) in [6, 6.07) is 13.5. The molecule has 0 bridgehead atoms. The predicted molar refractivity (Wildman–Crippen MR) is 112 cm³/mol. The molecule has 8 heteroatoms. The highest BCUT2D eigenvalue weighted by Gasteiger charge is 2.23. The number of nitrogens with zero attached hydrogens (tertiary/aromatic N) is 6. The summed E-state index contributed by atoms with van der Waals surface area (Å²) in [6.45, 7) is 7.48.